The lowest BCUT2D eigenvalue weighted by Crippen LogP contribution is -1.99. The zero-order chi connectivity index (χ0) is 13.7. The topological polar surface area (TPSA) is 17.1 Å². The summed E-state index contributed by atoms with van der Waals surface area (Å²) in [6, 6.07) is 10.1. The van der Waals surface area contributed by atoms with Gasteiger partial charge < -0.3 is 0 Å². The fourth-order valence-corrected chi connectivity index (χ4v) is 3.03. The minimum absolute atomic E-state index is 0.337. The SMILES string of the molecule is CCCCCCC1CC(=O)C(c2ccccc2)=C1C. The number of carbonyl (C=O) groups excluding carboxylic acids is 1. The maximum Gasteiger partial charge on any atom is 0.164 e. The number of hydrogen-bond donors (Lipinski definition) is 0. The van der Waals surface area contributed by atoms with E-state index < -0.39 is 0 Å². The van der Waals surface area contributed by atoms with E-state index in [0.29, 0.717) is 11.7 Å². The van der Waals surface area contributed by atoms with E-state index in [-0.39, 0.29) is 0 Å². The predicted octanol–water partition coefficient (Wildman–Crippen LogP) is 5.02. The molecular weight excluding hydrogens is 232 g/mol. The molecule has 19 heavy (non-hydrogen) atoms. The lowest BCUT2D eigenvalue weighted by atomic mass is 9.94. The second-order valence-electron chi connectivity index (χ2n) is 5.60. The molecule has 0 bridgehead atoms. The van der Waals surface area contributed by atoms with E-state index in [1.165, 1.54) is 37.7 Å². The zero-order valence-corrected chi connectivity index (χ0v) is 12.1. The van der Waals surface area contributed by atoms with E-state index in [1.807, 2.05) is 18.2 Å². The van der Waals surface area contributed by atoms with Crippen LogP contribution in [0.4, 0.5) is 0 Å². The second-order valence-corrected chi connectivity index (χ2v) is 5.60. The van der Waals surface area contributed by atoms with Crippen molar-refractivity contribution < 1.29 is 4.79 Å². The Balaban J connectivity index is 2.06. The van der Waals surface area contributed by atoms with Gasteiger partial charge in [0.1, 0.15) is 0 Å². The monoisotopic (exact) mass is 256 g/mol. The van der Waals surface area contributed by atoms with E-state index in [2.05, 4.69) is 26.0 Å². The van der Waals surface area contributed by atoms with Crippen molar-refractivity contribution in [2.45, 2.75) is 52.4 Å². The summed E-state index contributed by atoms with van der Waals surface area (Å²) in [5.74, 6) is 0.823. The van der Waals surface area contributed by atoms with Gasteiger partial charge in [-0.25, -0.2) is 0 Å². The Hall–Kier alpha value is -1.37. The first-order chi connectivity index (χ1) is 9.24. The van der Waals surface area contributed by atoms with Gasteiger partial charge in [-0.3, -0.25) is 4.79 Å². The molecule has 1 aliphatic carbocycles. The number of hydrogen-bond acceptors (Lipinski definition) is 1. The molecule has 0 fully saturated rings. The zero-order valence-electron chi connectivity index (χ0n) is 12.1. The number of carbonyl (C=O) groups is 1. The third-order valence-corrected chi connectivity index (χ3v) is 4.19. The molecule has 1 heteroatoms. The van der Waals surface area contributed by atoms with Gasteiger partial charge in [0.15, 0.2) is 5.78 Å². The summed E-state index contributed by atoms with van der Waals surface area (Å²) < 4.78 is 0. The van der Waals surface area contributed by atoms with Crippen LogP contribution in [0.25, 0.3) is 5.57 Å². The highest BCUT2D eigenvalue weighted by molar-refractivity contribution is 6.23. The van der Waals surface area contributed by atoms with Crippen LogP contribution in [0, 0.1) is 5.92 Å². The number of unbranched alkanes of at least 4 members (excludes halogenated alkanes) is 3. The molecule has 0 aromatic heterocycles. The van der Waals surface area contributed by atoms with Crippen molar-refractivity contribution >= 4 is 11.4 Å². The Morgan fingerprint density at radius 2 is 1.84 bits per heavy atom. The Morgan fingerprint density at radius 1 is 1.11 bits per heavy atom. The molecule has 2 rings (SSSR count). The van der Waals surface area contributed by atoms with E-state index in [4.69, 9.17) is 0 Å². The fraction of sp³-hybridized carbons (Fsp3) is 0.500. The summed E-state index contributed by atoms with van der Waals surface area (Å²) in [5, 5.41) is 0. The summed E-state index contributed by atoms with van der Waals surface area (Å²) in [5.41, 5.74) is 3.40. The molecule has 0 radical (unpaired) electrons. The Morgan fingerprint density at radius 3 is 2.53 bits per heavy atom. The van der Waals surface area contributed by atoms with E-state index in [9.17, 15) is 4.79 Å². The van der Waals surface area contributed by atoms with Crippen molar-refractivity contribution in [1.82, 2.24) is 0 Å². The normalized spacial score (nSPS) is 19.3. The quantitative estimate of drug-likeness (QED) is 0.653. The van der Waals surface area contributed by atoms with Gasteiger partial charge in [0.2, 0.25) is 0 Å². The average molecular weight is 256 g/mol. The standard InChI is InChI=1S/C18H24O/c1-3-4-5-7-12-16-13-17(19)18(14(16)2)15-10-8-6-9-11-15/h6,8-11,16H,3-5,7,12-13H2,1-2H3. The van der Waals surface area contributed by atoms with E-state index >= 15 is 0 Å². The Bertz CT molecular complexity index is 456. The first-order valence-corrected chi connectivity index (χ1v) is 7.53. The molecule has 0 amide bonds. The molecule has 1 nitrogen and oxygen atoms in total. The molecular formula is C18H24O. The highest BCUT2D eigenvalue weighted by atomic mass is 16.1. The fourth-order valence-electron chi connectivity index (χ4n) is 3.03. The lowest BCUT2D eigenvalue weighted by Gasteiger charge is -2.10. The van der Waals surface area contributed by atoms with Gasteiger partial charge in [0, 0.05) is 12.0 Å². The third-order valence-electron chi connectivity index (χ3n) is 4.19. The first kappa shape index (κ1) is 14.0. The molecule has 1 aliphatic rings. The van der Waals surface area contributed by atoms with Crippen molar-refractivity contribution in [3.05, 3.63) is 41.5 Å². The van der Waals surface area contributed by atoms with Gasteiger partial charge in [0.25, 0.3) is 0 Å². The average Bonchev–Trinajstić information content (AvgIpc) is 2.71. The van der Waals surface area contributed by atoms with Crippen molar-refractivity contribution in [2.24, 2.45) is 5.92 Å². The molecule has 0 spiro atoms. The van der Waals surface area contributed by atoms with Crippen LogP contribution in [-0.4, -0.2) is 5.78 Å². The van der Waals surface area contributed by atoms with Crippen LogP contribution in [0.3, 0.4) is 0 Å². The molecule has 1 unspecified atom stereocenters. The van der Waals surface area contributed by atoms with Gasteiger partial charge >= 0.3 is 0 Å². The number of Topliss-reactive ketones (excluding diaryl/α,β-unsaturated/α-hetero) is 1. The molecule has 1 aromatic rings. The molecule has 1 atom stereocenters. The predicted molar refractivity (Wildman–Crippen MR) is 80.9 cm³/mol. The van der Waals surface area contributed by atoms with Crippen molar-refractivity contribution in [3.63, 3.8) is 0 Å². The summed E-state index contributed by atoms with van der Waals surface area (Å²) in [7, 11) is 0. The van der Waals surface area contributed by atoms with Gasteiger partial charge in [-0.15, -0.1) is 0 Å². The molecule has 0 heterocycles. The lowest BCUT2D eigenvalue weighted by molar-refractivity contribution is -0.113. The largest absolute Gasteiger partial charge is 0.294 e. The summed E-state index contributed by atoms with van der Waals surface area (Å²) >= 11 is 0. The third kappa shape index (κ3) is 3.34. The molecule has 0 saturated carbocycles. The molecule has 0 aliphatic heterocycles. The van der Waals surface area contributed by atoms with Crippen molar-refractivity contribution in [2.75, 3.05) is 0 Å². The summed E-state index contributed by atoms with van der Waals surface area (Å²) in [4.78, 5) is 12.2. The van der Waals surface area contributed by atoms with Crippen LogP contribution in [0.2, 0.25) is 0 Å². The van der Waals surface area contributed by atoms with Gasteiger partial charge in [0.05, 0.1) is 0 Å². The number of rotatable bonds is 6. The molecule has 1 aromatic carbocycles. The van der Waals surface area contributed by atoms with Gasteiger partial charge in [-0.05, 0) is 24.8 Å². The van der Waals surface area contributed by atoms with E-state index in [1.54, 1.807) is 0 Å². The number of allylic oxidation sites excluding steroid dienone is 2. The van der Waals surface area contributed by atoms with Gasteiger partial charge in [-0.2, -0.15) is 0 Å². The molecule has 0 N–H and O–H groups in total. The van der Waals surface area contributed by atoms with Crippen LogP contribution >= 0.6 is 0 Å². The maximum atomic E-state index is 12.2. The maximum absolute atomic E-state index is 12.2. The van der Waals surface area contributed by atoms with Crippen molar-refractivity contribution in [1.29, 1.82) is 0 Å². The Labute approximate surface area is 116 Å². The second kappa shape index (κ2) is 6.70. The minimum Gasteiger partial charge on any atom is -0.294 e. The van der Waals surface area contributed by atoms with E-state index in [0.717, 1.165) is 17.6 Å². The Kier molecular flexibility index (Phi) is 4.95. The highest BCUT2D eigenvalue weighted by Crippen LogP contribution is 2.37. The van der Waals surface area contributed by atoms with Crippen molar-refractivity contribution in [3.8, 4) is 0 Å². The van der Waals surface area contributed by atoms with Crippen LogP contribution in [0.15, 0.2) is 35.9 Å². The number of ketones is 1. The van der Waals surface area contributed by atoms with Crippen LogP contribution in [-0.2, 0) is 4.79 Å². The molecule has 0 saturated heterocycles. The van der Waals surface area contributed by atoms with Gasteiger partial charge in [-0.1, -0.05) is 68.5 Å². The smallest absolute Gasteiger partial charge is 0.164 e. The van der Waals surface area contributed by atoms with Crippen LogP contribution < -0.4 is 0 Å². The first-order valence-electron chi connectivity index (χ1n) is 7.53. The molecule has 102 valence electrons. The van der Waals surface area contributed by atoms with Crippen LogP contribution in [0.1, 0.15) is 57.9 Å². The number of benzene rings is 1. The highest BCUT2D eigenvalue weighted by Gasteiger charge is 2.29. The summed E-state index contributed by atoms with van der Waals surface area (Å²) in [6.07, 6.45) is 7.04. The summed E-state index contributed by atoms with van der Waals surface area (Å²) in [6.45, 7) is 4.38. The van der Waals surface area contributed by atoms with Crippen LogP contribution in [0.5, 0.6) is 0 Å². The minimum atomic E-state index is 0.337.